The first kappa shape index (κ1) is 24.5. The molecule has 0 aromatic carbocycles. The van der Waals surface area contributed by atoms with Crippen LogP contribution in [0.5, 0.6) is 0 Å². The van der Waals surface area contributed by atoms with Gasteiger partial charge in [0.05, 0.1) is 12.0 Å². The average molecular weight is 476 g/mol. The summed E-state index contributed by atoms with van der Waals surface area (Å²) < 4.78 is 12.5. The van der Waals surface area contributed by atoms with E-state index in [1.165, 1.54) is 19.3 Å². The standard InChI is InChI=1S/C28H45NO5/c1-3-29(4-2)13-5-6-23(30)33-27-15-22-14-26(32,18-27)19-28(16-22,20-27)34-24(31)17-25-10-7-21(8-11-25)9-12-25/h21-22,32H,3-20H2,1-2H3/t21?,22-,25?,26-,27+,28-/m0/s1. The highest BCUT2D eigenvalue weighted by Crippen LogP contribution is 2.62. The summed E-state index contributed by atoms with van der Waals surface area (Å²) in [5.74, 6) is 0.862. The van der Waals surface area contributed by atoms with Gasteiger partial charge in [-0.15, -0.1) is 0 Å². The number of ether oxygens (including phenoxy) is 2. The lowest BCUT2D eigenvalue weighted by Crippen LogP contribution is -2.68. The summed E-state index contributed by atoms with van der Waals surface area (Å²) in [4.78, 5) is 28.4. The lowest BCUT2D eigenvalue weighted by atomic mass is 9.50. The average Bonchev–Trinajstić information content (AvgIpc) is 2.75. The highest BCUT2D eigenvalue weighted by Gasteiger charge is 2.66. The number of carbonyl (C=O) groups excluding carboxylic acids is 2. The smallest absolute Gasteiger partial charge is 0.306 e. The van der Waals surface area contributed by atoms with E-state index in [1.807, 2.05) is 0 Å². The Balaban J connectivity index is 1.22. The van der Waals surface area contributed by atoms with Crippen LogP contribution in [0.3, 0.4) is 0 Å². The van der Waals surface area contributed by atoms with E-state index in [1.54, 1.807) is 0 Å². The summed E-state index contributed by atoms with van der Waals surface area (Å²) >= 11 is 0. The minimum Gasteiger partial charge on any atom is -0.459 e. The highest BCUT2D eigenvalue weighted by molar-refractivity contribution is 5.71. The van der Waals surface area contributed by atoms with Gasteiger partial charge in [-0.3, -0.25) is 9.59 Å². The molecule has 0 unspecified atom stereocenters. The number of carbonyl (C=O) groups is 2. The maximum absolute atomic E-state index is 13.3. The molecule has 6 nitrogen and oxygen atoms in total. The molecular formula is C28H45NO5. The monoisotopic (exact) mass is 475 g/mol. The second-order valence-corrected chi connectivity index (χ2v) is 12.8. The number of nitrogens with zero attached hydrogens (tertiary/aromatic N) is 1. The summed E-state index contributed by atoms with van der Waals surface area (Å²) in [7, 11) is 0. The molecule has 1 N–H and O–H groups in total. The second kappa shape index (κ2) is 9.06. The molecule has 0 saturated heterocycles. The minimum atomic E-state index is -0.887. The number of aliphatic hydroxyl groups is 1. The Bertz CT molecular complexity index is 774. The van der Waals surface area contributed by atoms with Crippen LogP contribution in [0.1, 0.15) is 110 Å². The molecule has 7 saturated carbocycles. The van der Waals surface area contributed by atoms with E-state index >= 15 is 0 Å². The van der Waals surface area contributed by atoms with Crippen LogP contribution in [-0.2, 0) is 19.1 Å². The molecule has 7 aliphatic rings. The lowest BCUT2D eigenvalue weighted by molar-refractivity contribution is -0.268. The van der Waals surface area contributed by atoms with Crippen molar-refractivity contribution in [2.75, 3.05) is 19.6 Å². The van der Waals surface area contributed by atoms with E-state index in [2.05, 4.69) is 18.7 Å². The fourth-order valence-electron chi connectivity index (χ4n) is 8.91. The molecule has 0 amide bonds. The van der Waals surface area contributed by atoms with Crippen molar-refractivity contribution in [1.29, 1.82) is 0 Å². The van der Waals surface area contributed by atoms with E-state index in [0.717, 1.165) is 70.5 Å². The third-order valence-corrected chi connectivity index (χ3v) is 10.1. The molecule has 0 aromatic rings. The summed E-state index contributed by atoms with van der Waals surface area (Å²) in [5.41, 5.74) is -2.10. The molecule has 6 bridgehead atoms. The van der Waals surface area contributed by atoms with E-state index in [0.29, 0.717) is 32.1 Å². The summed E-state index contributed by atoms with van der Waals surface area (Å²) in [5, 5.41) is 11.4. The van der Waals surface area contributed by atoms with Crippen LogP contribution < -0.4 is 0 Å². The molecule has 0 aliphatic heterocycles. The van der Waals surface area contributed by atoms with Gasteiger partial charge < -0.3 is 19.5 Å². The fraction of sp³-hybridized carbons (Fsp3) is 0.929. The van der Waals surface area contributed by atoms with Crippen molar-refractivity contribution >= 4 is 11.9 Å². The van der Waals surface area contributed by atoms with E-state index < -0.39 is 16.8 Å². The molecule has 6 heteroatoms. The highest BCUT2D eigenvalue weighted by atomic mass is 16.6. The van der Waals surface area contributed by atoms with Crippen molar-refractivity contribution < 1.29 is 24.2 Å². The summed E-state index contributed by atoms with van der Waals surface area (Å²) in [6.45, 7) is 7.14. The van der Waals surface area contributed by atoms with E-state index in [-0.39, 0.29) is 23.3 Å². The van der Waals surface area contributed by atoms with Gasteiger partial charge in [0, 0.05) is 25.7 Å². The molecule has 7 rings (SSSR count). The van der Waals surface area contributed by atoms with E-state index in [4.69, 9.17) is 9.47 Å². The van der Waals surface area contributed by atoms with Gasteiger partial charge in [-0.2, -0.15) is 0 Å². The van der Waals surface area contributed by atoms with Gasteiger partial charge in [-0.1, -0.05) is 13.8 Å². The second-order valence-electron chi connectivity index (χ2n) is 12.8. The Morgan fingerprint density at radius 1 is 0.853 bits per heavy atom. The summed E-state index contributed by atoms with van der Waals surface area (Å²) in [6, 6.07) is 0. The first-order valence-electron chi connectivity index (χ1n) is 14.1. The largest absolute Gasteiger partial charge is 0.459 e. The topological polar surface area (TPSA) is 76.1 Å². The number of hydrogen-bond acceptors (Lipinski definition) is 6. The Kier molecular flexibility index (Phi) is 6.54. The zero-order chi connectivity index (χ0) is 24.0. The van der Waals surface area contributed by atoms with Crippen molar-refractivity contribution in [2.24, 2.45) is 17.3 Å². The van der Waals surface area contributed by atoms with Crippen LogP contribution in [0.15, 0.2) is 0 Å². The van der Waals surface area contributed by atoms with Gasteiger partial charge in [0.1, 0.15) is 11.2 Å². The Morgan fingerprint density at radius 2 is 1.44 bits per heavy atom. The van der Waals surface area contributed by atoms with Crippen molar-refractivity contribution in [1.82, 2.24) is 4.90 Å². The van der Waals surface area contributed by atoms with Crippen LogP contribution in [0, 0.1) is 17.3 Å². The molecule has 7 aliphatic carbocycles. The quantitative estimate of drug-likeness (QED) is 0.459. The summed E-state index contributed by atoms with van der Waals surface area (Å²) in [6.07, 6.45) is 12.8. The van der Waals surface area contributed by atoms with Crippen molar-refractivity contribution in [3.63, 3.8) is 0 Å². The molecule has 0 spiro atoms. The first-order valence-corrected chi connectivity index (χ1v) is 14.1. The van der Waals surface area contributed by atoms with Gasteiger partial charge in [-0.05, 0) is 101 Å². The minimum absolute atomic E-state index is 0.0911. The van der Waals surface area contributed by atoms with Gasteiger partial charge in [0.25, 0.3) is 0 Å². The van der Waals surface area contributed by atoms with Crippen molar-refractivity contribution in [2.45, 2.75) is 127 Å². The maximum atomic E-state index is 13.3. The Labute approximate surface area is 205 Å². The molecule has 0 heterocycles. The number of rotatable bonds is 10. The molecule has 7 fully saturated rings. The third-order valence-electron chi connectivity index (χ3n) is 10.1. The van der Waals surface area contributed by atoms with Crippen LogP contribution >= 0.6 is 0 Å². The number of esters is 2. The predicted octanol–water partition coefficient (Wildman–Crippen LogP) is 4.76. The Morgan fingerprint density at radius 3 is 2.00 bits per heavy atom. The zero-order valence-corrected chi connectivity index (χ0v) is 21.4. The van der Waals surface area contributed by atoms with Crippen LogP contribution in [0.4, 0.5) is 0 Å². The molecule has 0 aromatic heterocycles. The van der Waals surface area contributed by atoms with Crippen LogP contribution in [-0.4, -0.2) is 58.4 Å². The molecular weight excluding hydrogens is 430 g/mol. The van der Waals surface area contributed by atoms with Crippen LogP contribution in [0.2, 0.25) is 0 Å². The molecule has 4 atom stereocenters. The van der Waals surface area contributed by atoms with Crippen LogP contribution in [0.25, 0.3) is 0 Å². The van der Waals surface area contributed by atoms with Gasteiger partial charge in [0.2, 0.25) is 0 Å². The number of fused-ring (bicyclic) bond motifs is 3. The first-order chi connectivity index (χ1) is 16.2. The Hall–Kier alpha value is -1.14. The predicted molar refractivity (Wildman–Crippen MR) is 129 cm³/mol. The van der Waals surface area contributed by atoms with Gasteiger partial charge in [0.15, 0.2) is 0 Å². The SMILES string of the molecule is CCN(CC)CCCC(=O)O[C@@]12C[C@@H]3C[C@@](O)(C[C@@](OC(=O)CC45CCC(CC4)CC5)(C3)C1)C2. The molecule has 34 heavy (non-hydrogen) atoms. The molecule has 192 valence electrons. The van der Waals surface area contributed by atoms with Crippen molar-refractivity contribution in [3.05, 3.63) is 0 Å². The van der Waals surface area contributed by atoms with E-state index in [9.17, 15) is 14.7 Å². The van der Waals surface area contributed by atoms with Gasteiger partial charge >= 0.3 is 11.9 Å². The molecule has 0 radical (unpaired) electrons. The number of hydrogen-bond donors (Lipinski definition) is 1. The van der Waals surface area contributed by atoms with Crippen molar-refractivity contribution in [3.8, 4) is 0 Å². The van der Waals surface area contributed by atoms with Gasteiger partial charge in [-0.25, -0.2) is 0 Å². The lowest BCUT2D eigenvalue weighted by Gasteiger charge is -2.63. The zero-order valence-electron chi connectivity index (χ0n) is 21.4. The normalized spacial score (nSPS) is 42.2. The third kappa shape index (κ3) is 4.91. The maximum Gasteiger partial charge on any atom is 0.306 e. The fourth-order valence-corrected chi connectivity index (χ4v) is 8.91.